The Labute approximate surface area is 173 Å². The fourth-order valence-electron chi connectivity index (χ4n) is 4.50. The quantitative estimate of drug-likeness (QED) is 0.435. The molecule has 2 N–H and O–H groups in total. The van der Waals surface area contributed by atoms with Crippen molar-refractivity contribution in [1.82, 2.24) is 10.6 Å². The van der Waals surface area contributed by atoms with Gasteiger partial charge in [-0.2, -0.15) is 0 Å². The van der Waals surface area contributed by atoms with Gasteiger partial charge in [0, 0.05) is 38.8 Å². The van der Waals surface area contributed by atoms with Gasteiger partial charge in [0.05, 0.1) is 0 Å². The molecule has 1 aromatic rings. The largest absolute Gasteiger partial charge is 0.454 e. The smallest absolute Gasteiger partial charge is 0.231 e. The highest BCUT2D eigenvalue weighted by molar-refractivity contribution is 5.79. The standard InChI is InChI=1S/C23H33N3O3/c1-24-22(25-12-9-18-5-3-2-4-6-18)26-16-23(10-13-27-14-11-23)19-7-8-20-21(15-19)29-17-28-20/h5,7-8,15H,2-4,6,9-14,16-17H2,1H3,(H2,24,25,26). The van der Waals surface area contributed by atoms with Crippen LogP contribution in [0.1, 0.15) is 50.5 Å². The van der Waals surface area contributed by atoms with E-state index in [1.807, 2.05) is 13.1 Å². The van der Waals surface area contributed by atoms with Crippen molar-refractivity contribution < 1.29 is 14.2 Å². The maximum absolute atomic E-state index is 5.67. The Morgan fingerprint density at radius 2 is 1.97 bits per heavy atom. The number of hydrogen-bond donors (Lipinski definition) is 2. The number of nitrogens with zero attached hydrogens (tertiary/aromatic N) is 1. The molecule has 0 radical (unpaired) electrons. The van der Waals surface area contributed by atoms with Crippen LogP contribution in [0.5, 0.6) is 11.5 Å². The number of rotatable bonds is 6. The van der Waals surface area contributed by atoms with Gasteiger partial charge in [0.2, 0.25) is 6.79 Å². The van der Waals surface area contributed by atoms with Gasteiger partial charge in [-0.25, -0.2) is 0 Å². The van der Waals surface area contributed by atoms with Crippen molar-refractivity contribution >= 4 is 5.96 Å². The summed E-state index contributed by atoms with van der Waals surface area (Å²) in [5.41, 5.74) is 2.86. The molecule has 1 aromatic carbocycles. The third-order valence-corrected chi connectivity index (χ3v) is 6.38. The van der Waals surface area contributed by atoms with E-state index in [0.717, 1.165) is 63.0 Å². The summed E-state index contributed by atoms with van der Waals surface area (Å²) < 4.78 is 16.8. The Hall–Kier alpha value is -2.21. The van der Waals surface area contributed by atoms with Crippen LogP contribution in [0.4, 0.5) is 0 Å². The first-order chi connectivity index (χ1) is 14.3. The second-order valence-electron chi connectivity index (χ2n) is 8.17. The minimum atomic E-state index is 0.00273. The number of nitrogens with one attached hydrogen (secondary N) is 2. The minimum Gasteiger partial charge on any atom is -0.454 e. The molecule has 1 aliphatic carbocycles. The van der Waals surface area contributed by atoms with E-state index in [4.69, 9.17) is 14.2 Å². The van der Waals surface area contributed by atoms with E-state index in [0.29, 0.717) is 6.79 Å². The first-order valence-electron chi connectivity index (χ1n) is 10.9. The number of benzene rings is 1. The minimum absolute atomic E-state index is 0.00273. The van der Waals surface area contributed by atoms with Gasteiger partial charge in [-0.05, 0) is 62.6 Å². The zero-order valence-corrected chi connectivity index (χ0v) is 17.5. The summed E-state index contributed by atoms with van der Waals surface area (Å²) in [5, 5.41) is 7.06. The molecule has 1 saturated heterocycles. The third kappa shape index (κ3) is 4.86. The average molecular weight is 400 g/mol. The van der Waals surface area contributed by atoms with Crippen LogP contribution >= 0.6 is 0 Å². The first kappa shape index (κ1) is 20.1. The van der Waals surface area contributed by atoms with Crippen LogP contribution < -0.4 is 20.1 Å². The molecule has 3 aliphatic rings. The molecule has 0 unspecified atom stereocenters. The number of fused-ring (bicyclic) bond motifs is 1. The molecule has 2 heterocycles. The van der Waals surface area contributed by atoms with Crippen molar-refractivity contribution in [2.45, 2.75) is 50.4 Å². The van der Waals surface area contributed by atoms with Gasteiger partial charge < -0.3 is 24.8 Å². The van der Waals surface area contributed by atoms with E-state index in [-0.39, 0.29) is 5.41 Å². The first-order valence-corrected chi connectivity index (χ1v) is 10.9. The molecule has 0 spiro atoms. The fraction of sp³-hybridized carbons (Fsp3) is 0.609. The predicted molar refractivity (Wildman–Crippen MR) is 115 cm³/mol. The highest BCUT2D eigenvalue weighted by atomic mass is 16.7. The van der Waals surface area contributed by atoms with Gasteiger partial charge >= 0.3 is 0 Å². The lowest BCUT2D eigenvalue weighted by molar-refractivity contribution is 0.0513. The molecule has 6 heteroatoms. The predicted octanol–water partition coefficient (Wildman–Crippen LogP) is 3.52. The summed E-state index contributed by atoms with van der Waals surface area (Å²) in [6.45, 7) is 3.59. The van der Waals surface area contributed by atoms with Crippen molar-refractivity contribution in [3.63, 3.8) is 0 Å². The summed E-state index contributed by atoms with van der Waals surface area (Å²) in [4.78, 5) is 4.44. The zero-order chi connectivity index (χ0) is 19.9. The molecule has 158 valence electrons. The lowest BCUT2D eigenvalue weighted by atomic mass is 9.74. The number of allylic oxidation sites excluding steroid dienone is 1. The van der Waals surface area contributed by atoms with E-state index in [1.165, 1.54) is 31.2 Å². The topological polar surface area (TPSA) is 64.1 Å². The molecular weight excluding hydrogens is 366 g/mol. The van der Waals surface area contributed by atoms with E-state index in [1.54, 1.807) is 5.57 Å². The Bertz CT molecular complexity index is 754. The van der Waals surface area contributed by atoms with Crippen LogP contribution in [0.15, 0.2) is 34.8 Å². The Morgan fingerprint density at radius 3 is 2.76 bits per heavy atom. The molecular formula is C23H33N3O3. The second kappa shape index (κ2) is 9.53. The molecule has 2 aliphatic heterocycles. The van der Waals surface area contributed by atoms with Gasteiger partial charge in [-0.1, -0.05) is 17.7 Å². The zero-order valence-electron chi connectivity index (χ0n) is 17.5. The molecule has 0 atom stereocenters. The van der Waals surface area contributed by atoms with Crippen LogP contribution in [0, 0.1) is 0 Å². The van der Waals surface area contributed by atoms with Crippen molar-refractivity contribution in [1.29, 1.82) is 0 Å². The number of hydrogen-bond acceptors (Lipinski definition) is 4. The Morgan fingerprint density at radius 1 is 1.10 bits per heavy atom. The van der Waals surface area contributed by atoms with Gasteiger partial charge in [0.15, 0.2) is 17.5 Å². The maximum atomic E-state index is 5.67. The van der Waals surface area contributed by atoms with E-state index >= 15 is 0 Å². The summed E-state index contributed by atoms with van der Waals surface area (Å²) in [5.74, 6) is 2.54. The van der Waals surface area contributed by atoms with Gasteiger partial charge in [-0.15, -0.1) is 0 Å². The lowest BCUT2D eigenvalue weighted by Crippen LogP contribution is -2.48. The van der Waals surface area contributed by atoms with Gasteiger partial charge in [0.25, 0.3) is 0 Å². The Kier molecular flexibility index (Phi) is 6.60. The second-order valence-corrected chi connectivity index (χ2v) is 8.17. The van der Waals surface area contributed by atoms with Crippen LogP contribution in [-0.2, 0) is 10.2 Å². The number of guanidine groups is 1. The molecule has 1 fully saturated rings. The van der Waals surface area contributed by atoms with E-state index in [9.17, 15) is 0 Å². The number of ether oxygens (including phenoxy) is 3. The molecule has 0 aromatic heterocycles. The Balaban J connectivity index is 1.38. The number of aliphatic imine (C=N–C) groups is 1. The third-order valence-electron chi connectivity index (χ3n) is 6.38. The normalized spacial score (nSPS) is 20.9. The molecule has 0 amide bonds. The van der Waals surface area contributed by atoms with Crippen molar-refractivity contribution in [3.05, 3.63) is 35.4 Å². The fourth-order valence-corrected chi connectivity index (χ4v) is 4.50. The SMILES string of the molecule is CN=C(NCCC1=CCCCC1)NCC1(c2ccc3c(c2)OCO3)CCOCC1. The van der Waals surface area contributed by atoms with E-state index in [2.05, 4.69) is 33.8 Å². The molecule has 0 bridgehead atoms. The highest BCUT2D eigenvalue weighted by Gasteiger charge is 2.35. The summed E-state index contributed by atoms with van der Waals surface area (Å²) in [7, 11) is 1.84. The highest BCUT2D eigenvalue weighted by Crippen LogP contribution is 2.40. The molecule has 4 rings (SSSR count). The maximum Gasteiger partial charge on any atom is 0.231 e. The summed E-state index contributed by atoms with van der Waals surface area (Å²) in [6, 6.07) is 6.34. The van der Waals surface area contributed by atoms with E-state index < -0.39 is 0 Å². The van der Waals surface area contributed by atoms with Crippen molar-refractivity contribution in [2.75, 3.05) is 40.1 Å². The summed E-state index contributed by atoms with van der Waals surface area (Å²) in [6.07, 6.45) is 10.6. The molecule has 29 heavy (non-hydrogen) atoms. The summed E-state index contributed by atoms with van der Waals surface area (Å²) >= 11 is 0. The molecule has 6 nitrogen and oxygen atoms in total. The average Bonchev–Trinajstić information content (AvgIpc) is 3.25. The monoisotopic (exact) mass is 399 g/mol. The van der Waals surface area contributed by atoms with Crippen molar-refractivity contribution in [2.24, 2.45) is 4.99 Å². The van der Waals surface area contributed by atoms with Crippen molar-refractivity contribution in [3.8, 4) is 11.5 Å². The molecule has 0 saturated carbocycles. The lowest BCUT2D eigenvalue weighted by Gasteiger charge is -2.38. The van der Waals surface area contributed by atoms with Gasteiger partial charge in [0.1, 0.15) is 0 Å². The van der Waals surface area contributed by atoms with Crippen LogP contribution in [0.2, 0.25) is 0 Å². The van der Waals surface area contributed by atoms with Crippen LogP contribution in [-0.4, -0.2) is 46.1 Å². The van der Waals surface area contributed by atoms with Crippen LogP contribution in [0.3, 0.4) is 0 Å². The van der Waals surface area contributed by atoms with Gasteiger partial charge in [-0.3, -0.25) is 4.99 Å². The van der Waals surface area contributed by atoms with Crippen LogP contribution in [0.25, 0.3) is 0 Å².